The van der Waals surface area contributed by atoms with Crippen LogP contribution in [0.3, 0.4) is 0 Å². The van der Waals surface area contributed by atoms with Gasteiger partial charge in [0.15, 0.2) is 17.5 Å². The fourth-order valence-corrected chi connectivity index (χ4v) is 8.39. The molecule has 0 N–H and O–H groups in total. The predicted molar refractivity (Wildman–Crippen MR) is 215 cm³/mol. The van der Waals surface area contributed by atoms with Crippen molar-refractivity contribution in [3.05, 3.63) is 169 Å². The summed E-state index contributed by atoms with van der Waals surface area (Å²) in [6.45, 7) is 4.67. The van der Waals surface area contributed by atoms with Crippen LogP contribution in [-0.2, 0) is 5.41 Å². The zero-order valence-corrected chi connectivity index (χ0v) is 29.2. The van der Waals surface area contributed by atoms with Crippen LogP contribution in [-0.4, -0.2) is 19.5 Å². The van der Waals surface area contributed by atoms with Crippen LogP contribution >= 0.6 is 0 Å². The van der Waals surface area contributed by atoms with Gasteiger partial charge in [-0.15, -0.1) is 0 Å². The van der Waals surface area contributed by atoms with E-state index in [9.17, 15) is 0 Å². The molecule has 0 fully saturated rings. The number of fused-ring (bicyclic) bond motifs is 9. The van der Waals surface area contributed by atoms with Gasteiger partial charge in [0.1, 0.15) is 11.2 Å². The zero-order chi connectivity index (χ0) is 35.3. The van der Waals surface area contributed by atoms with Gasteiger partial charge in [-0.2, -0.15) is 0 Å². The minimum atomic E-state index is -0.182. The fraction of sp³-hybridized carbons (Fsp3) is 0.0625. The summed E-state index contributed by atoms with van der Waals surface area (Å²) in [5.41, 5.74) is 13.1. The van der Waals surface area contributed by atoms with Crippen LogP contribution in [0.25, 0.3) is 94.7 Å². The molecule has 0 saturated heterocycles. The van der Waals surface area contributed by atoms with Gasteiger partial charge in [0.05, 0.1) is 11.0 Å². The van der Waals surface area contributed by atoms with Crippen LogP contribution in [0.5, 0.6) is 0 Å². The highest BCUT2D eigenvalue weighted by molar-refractivity contribution is 6.13. The van der Waals surface area contributed by atoms with Crippen molar-refractivity contribution in [2.24, 2.45) is 0 Å². The average Bonchev–Trinajstić information content (AvgIpc) is 3.82. The van der Waals surface area contributed by atoms with Crippen LogP contribution in [0.2, 0.25) is 0 Å². The topological polar surface area (TPSA) is 56.7 Å². The van der Waals surface area contributed by atoms with Gasteiger partial charge in [-0.25, -0.2) is 15.0 Å². The molecule has 7 aromatic carbocycles. The third-order valence-corrected chi connectivity index (χ3v) is 11.0. The van der Waals surface area contributed by atoms with Gasteiger partial charge < -0.3 is 8.98 Å². The number of para-hydroxylation sites is 2. The Morgan fingerprint density at radius 1 is 0.434 bits per heavy atom. The van der Waals surface area contributed by atoms with Crippen LogP contribution in [0.4, 0.5) is 0 Å². The molecule has 0 aliphatic heterocycles. The van der Waals surface area contributed by atoms with E-state index >= 15 is 0 Å². The first-order valence-electron chi connectivity index (χ1n) is 18.0. The Bertz CT molecular complexity index is 3010. The molecule has 10 aromatic rings. The molecule has 0 saturated carbocycles. The van der Waals surface area contributed by atoms with E-state index in [0.717, 1.165) is 44.3 Å². The highest BCUT2D eigenvalue weighted by atomic mass is 16.3. The number of benzene rings is 7. The largest absolute Gasteiger partial charge is 0.456 e. The molecule has 1 aliphatic rings. The molecule has 0 bridgehead atoms. The number of hydrogen-bond acceptors (Lipinski definition) is 4. The molecule has 5 heteroatoms. The van der Waals surface area contributed by atoms with Crippen LogP contribution in [0.1, 0.15) is 25.0 Å². The van der Waals surface area contributed by atoms with Crippen molar-refractivity contribution in [2.45, 2.75) is 19.3 Å². The summed E-state index contributed by atoms with van der Waals surface area (Å²) in [5.74, 6) is 1.94. The Hall–Kier alpha value is -6.85. The SMILES string of the molecule is CC1(C)c2cc3oc4ccccc4c3cc2-c2cc3c(cc21)c1ccccc1n3-c1ccc(-c2nc(-c3ccccc3)nc(-c3ccccc3)n2)cc1. The first-order valence-corrected chi connectivity index (χ1v) is 18.0. The summed E-state index contributed by atoms with van der Waals surface area (Å²) in [6.07, 6.45) is 0. The quantitative estimate of drug-likeness (QED) is 0.186. The van der Waals surface area contributed by atoms with Gasteiger partial charge in [0.25, 0.3) is 0 Å². The van der Waals surface area contributed by atoms with E-state index in [2.05, 4.69) is 109 Å². The Kier molecular flexibility index (Phi) is 6.23. The smallest absolute Gasteiger partial charge is 0.164 e. The van der Waals surface area contributed by atoms with Gasteiger partial charge in [0.2, 0.25) is 0 Å². The Balaban J connectivity index is 1.08. The molecule has 1 aliphatic carbocycles. The summed E-state index contributed by atoms with van der Waals surface area (Å²) < 4.78 is 8.74. The highest BCUT2D eigenvalue weighted by Crippen LogP contribution is 2.52. The molecule has 0 amide bonds. The summed E-state index contributed by atoms with van der Waals surface area (Å²) in [5, 5.41) is 4.79. The maximum Gasteiger partial charge on any atom is 0.164 e. The predicted octanol–water partition coefficient (Wildman–Crippen LogP) is 12.2. The lowest BCUT2D eigenvalue weighted by atomic mass is 9.82. The molecule has 250 valence electrons. The van der Waals surface area contributed by atoms with E-state index in [-0.39, 0.29) is 5.41 Å². The Morgan fingerprint density at radius 3 is 1.66 bits per heavy atom. The molecule has 11 rings (SSSR count). The standard InChI is InChI=1S/C48H32N4O/c1-48(2)39-26-37-33-17-9-11-19-41(33)52(42(37)27-36(39)35-25-38-34-18-10-12-20-43(34)53-44(38)28-40(35)48)32-23-21-31(22-24-32)47-50-45(29-13-5-3-6-14-29)49-46(51-47)30-15-7-4-8-16-30/h3-28H,1-2H3. The molecule has 5 nitrogen and oxygen atoms in total. The Labute approximate surface area is 305 Å². The summed E-state index contributed by atoms with van der Waals surface area (Å²) in [6, 6.07) is 55.3. The first-order chi connectivity index (χ1) is 26.0. The van der Waals surface area contributed by atoms with E-state index in [0.29, 0.717) is 17.5 Å². The molecule has 0 unspecified atom stereocenters. The van der Waals surface area contributed by atoms with Gasteiger partial charge >= 0.3 is 0 Å². The third-order valence-electron chi connectivity index (χ3n) is 11.0. The number of furan rings is 1. The summed E-state index contributed by atoms with van der Waals surface area (Å²) in [7, 11) is 0. The van der Waals surface area contributed by atoms with E-state index in [1.165, 1.54) is 44.1 Å². The maximum atomic E-state index is 6.35. The summed E-state index contributed by atoms with van der Waals surface area (Å²) >= 11 is 0. The molecule has 3 aromatic heterocycles. The average molecular weight is 681 g/mol. The van der Waals surface area contributed by atoms with Crippen molar-refractivity contribution in [3.63, 3.8) is 0 Å². The minimum Gasteiger partial charge on any atom is -0.456 e. The van der Waals surface area contributed by atoms with E-state index in [1.54, 1.807) is 0 Å². The lowest BCUT2D eigenvalue weighted by molar-refractivity contribution is 0.648. The van der Waals surface area contributed by atoms with Crippen molar-refractivity contribution in [3.8, 4) is 51.0 Å². The zero-order valence-electron chi connectivity index (χ0n) is 29.2. The second-order valence-corrected chi connectivity index (χ2v) is 14.5. The monoisotopic (exact) mass is 680 g/mol. The van der Waals surface area contributed by atoms with Crippen molar-refractivity contribution in [1.82, 2.24) is 19.5 Å². The van der Waals surface area contributed by atoms with Crippen molar-refractivity contribution >= 4 is 43.7 Å². The summed E-state index contributed by atoms with van der Waals surface area (Å²) in [4.78, 5) is 14.8. The molecule has 3 heterocycles. The van der Waals surface area contributed by atoms with Crippen molar-refractivity contribution < 1.29 is 4.42 Å². The number of hydrogen-bond donors (Lipinski definition) is 0. The van der Waals surface area contributed by atoms with E-state index in [4.69, 9.17) is 19.4 Å². The van der Waals surface area contributed by atoms with Gasteiger partial charge in [-0.1, -0.05) is 111 Å². The van der Waals surface area contributed by atoms with Gasteiger partial charge in [-0.3, -0.25) is 0 Å². The molecule has 0 spiro atoms. The fourth-order valence-electron chi connectivity index (χ4n) is 8.39. The molecule has 0 radical (unpaired) electrons. The highest BCUT2D eigenvalue weighted by Gasteiger charge is 2.37. The third kappa shape index (κ3) is 4.47. The van der Waals surface area contributed by atoms with Crippen molar-refractivity contribution in [2.75, 3.05) is 0 Å². The molecular weight excluding hydrogens is 649 g/mol. The lowest BCUT2D eigenvalue weighted by Gasteiger charge is -2.21. The first kappa shape index (κ1) is 29.8. The maximum absolute atomic E-state index is 6.35. The second kappa shape index (κ2) is 11.1. The number of rotatable bonds is 4. The molecule has 53 heavy (non-hydrogen) atoms. The molecule has 0 atom stereocenters. The van der Waals surface area contributed by atoms with Gasteiger partial charge in [0, 0.05) is 49.3 Å². The normalized spacial score (nSPS) is 13.2. The van der Waals surface area contributed by atoms with E-state index in [1.807, 2.05) is 66.7 Å². The van der Waals surface area contributed by atoms with Crippen LogP contribution < -0.4 is 0 Å². The Morgan fingerprint density at radius 2 is 0.981 bits per heavy atom. The van der Waals surface area contributed by atoms with E-state index < -0.39 is 0 Å². The van der Waals surface area contributed by atoms with Crippen LogP contribution in [0.15, 0.2) is 162 Å². The lowest BCUT2D eigenvalue weighted by Crippen LogP contribution is -2.14. The number of aromatic nitrogens is 4. The molecular formula is C48H32N4O. The minimum absolute atomic E-state index is 0.182. The second-order valence-electron chi connectivity index (χ2n) is 14.5. The number of nitrogens with zero attached hydrogens (tertiary/aromatic N) is 4. The van der Waals surface area contributed by atoms with Crippen molar-refractivity contribution in [1.29, 1.82) is 0 Å². The van der Waals surface area contributed by atoms with Gasteiger partial charge in [-0.05, 0) is 82.9 Å². The van der Waals surface area contributed by atoms with Crippen LogP contribution in [0, 0.1) is 0 Å².